The van der Waals surface area contributed by atoms with Crippen molar-refractivity contribution in [3.8, 4) is 0 Å². The van der Waals surface area contributed by atoms with Crippen LogP contribution in [-0.2, 0) is 9.53 Å². The lowest BCUT2D eigenvalue weighted by atomic mass is 9.96. The van der Waals surface area contributed by atoms with Gasteiger partial charge in [-0.05, 0) is 73.3 Å². The number of hydrogen-bond acceptors (Lipinski definition) is 5. The molecule has 0 spiro atoms. The van der Waals surface area contributed by atoms with Gasteiger partial charge in [0.2, 0.25) is 0 Å². The van der Waals surface area contributed by atoms with Gasteiger partial charge in [0.05, 0.1) is 6.61 Å². The van der Waals surface area contributed by atoms with Crippen LogP contribution in [0.5, 0.6) is 0 Å². The van der Waals surface area contributed by atoms with Crippen LogP contribution in [0.4, 0.5) is 0 Å². The topological polar surface area (TPSA) is 44.8 Å². The van der Waals surface area contributed by atoms with Crippen molar-refractivity contribution < 1.29 is 9.53 Å². The van der Waals surface area contributed by atoms with Gasteiger partial charge in [-0.15, -0.1) is 0 Å². The summed E-state index contributed by atoms with van der Waals surface area (Å²) in [6.45, 7) is 4.68. The van der Waals surface area contributed by atoms with Gasteiger partial charge in [0.15, 0.2) is 0 Å². The normalized spacial score (nSPS) is 31.8. The molecular formula is C16H31N3O2. The van der Waals surface area contributed by atoms with E-state index < -0.39 is 5.54 Å². The molecule has 1 saturated heterocycles. The molecule has 5 nitrogen and oxygen atoms in total. The van der Waals surface area contributed by atoms with E-state index in [0.717, 1.165) is 19.3 Å². The Morgan fingerprint density at radius 3 is 2.57 bits per heavy atom. The Morgan fingerprint density at radius 1 is 1.33 bits per heavy atom. The van der Waals surface area contributed by atoms with Crippen LogP contribution >= 0.6 is 0 Å². The first-order valence-corrected chi connectivity index (χ1v) is 8.29. The number of piperidine rings is 1. The molecule has 2 rings (SSSR count). The quantitative estimate of drug-likeness (QED) is 0.770. The van der Waals surface area contributed by atoms with Crippen LogP contribution in [0.3, 0.4) is 0 Å². The van der Waals surface area contributed by atoms with Crippen LogP contribution in [0, 0.1) is 0 Å². The van der Waals surface area contributed by atoms with E-state index in [2.05, 4.69) is 29.2 Å². The summed E-state index contributed by atoms with van der Waals surface area (Å²) in [7, 11) is 6.31. The van der Waals surface area contributed by atoms with E-state index >= 15 is 0 Å². The molecule has 1 N–H and O–H groups in total. The number of nitrogens with one attached hydrogen (secondary N) is 1. The van der Waals surface area contributed by atoms with Crippen molar-refractivity contribution >= 4 is 5.97 Å². The van der Waals surface area contributed by atoms with Crippen LogP contribution in [0.25, 0.3) is 0 Å². The lowest BCUT2D eigenvalue weighted by Gasteiger charge is -2.38. The average molecular weight is 297 g/mol. The van der Waals surface area contributed by atoms with Gasteiger partial charge in [-0.1, -0.05) is 0 Å². The van der Waals surface area contributed by atoms with Crippen molar-refractivity contribution in [2.45, 2.75) is 56.7 Å². The summed E-state index contributed by atoms with van der Waals surface area (Å²) in [6.07, 6.45) is 5.28. The van der Waals surface area contributed by atoms with E-state index in [1.165, 1.54) is 25.9 Å². The van der Waals surface area contributed by atoms with Gasteiger partial charge >= 0.3 is 5.97 Å². The first-order valence-electron chi connectivity index (χ1n) is 8.29. The zero-order chi connectivity index (χ0) is 15.5. The molecule has 0 aromatic heterocycles. The van der Waals surface area contributed by atoms with Crippen molar-refractivity contribution in [2.24, 2.45) is 0 Å². The Morgan fingerprint density at radius 2 is 2.00 bits per heavy atom. The van der Waals surface area contributed by atoms with Crippen LogP contribution < -0.4 is 5.32 Å². The molecule has 1 aliphatic heterocycles. The second-order valence-corrected chi connectivity index (χ2v) is 6.65. The highest BCUT2D eigenvalue weighted by Gasteiger charge is 2.47. The van der Waals surface area contributed by atoms with Gasteiger partial charge < -0.3 is 19.9 Å². The van der Waals surface area contributed by atoms with Gasteiger partial charge in [0, 0.05) is 12.1 Å². The minimum atomic E-state index is -0.472. The molecular weight excluding hydrogens is 266 g/mol. The minimum Gasteiger partial charge on any atom is -0.465 e. The summed E-state index contributed by atoms with van der Waals surface area (Å²) in [6, 6.07) is 1.14. The third kappa shape index (κ3) is 3.58. The van der Waals surface area contributed by atoms with E-state index in [4.69, 9.17) is 4.74 Å². The molecule has 2 atom stereocenters. The molecule has 1 heterocycles. The van der Waals surface area contributed by atoms with Crippen LogP contribution in [-0.4, -0.2) is 74.2 Å². The number of likely N-dealkylation sites (tertiary alicyclic amines) is 1. The molecule has 0 amide bonds. The summed E-state index contributed by atoms with van der Waals surface area (Å²) in [4.78, 5) is 17.2. The Bertz CT molecular complexity index is 355. The number of ether oxygens (including phenoxy) is 1. The van der Waals surface area contributed by atoms with Crippen LogP contribution in [0.1, 0.15) is 39.0 Å². The lowest BCUT2D eigenvalue weighted by molar-refractivity contribution is -0.151. The highest BCUT2D eigenvalue weighted by molar-refractivity contribution is 5.81. The SMILES string of the molecule is CCOC(=O)C1(NC)CCC(N(C)C2CCN(C)CC2)C1. The molecule has 2 fully saturated rings. The van der Waals surface area contributed by atoms with Crippen LogP contribution in [0.15, 0.2) is 0 Å². The second kappa shape index (κ2) is 7.07. The number of nitrogens with zero attached hydrogens (tertiary/aromatic N) is 2. The standard InChI is InChI=1S/C16H31N3O2/c1-5-21-15(20)16(17-2)9-6-14(12-16)19(4)13-7-10-18(3)11-8-13/h13-14,17H,5-12H2,1-4H3. The Labute approximate surface area is 129 Å². The van der Waals surface area contributed by atoms with E-state index in [1.54, 1.807) is 0 Å². The van der Waals surface area contributed by atoms with Gasteiger partial charge in [0.25, 0.3) is 0 Å². The van der Waals surface area contributed by atoms with Gasteiger partial charge in [-0.2, -0.15) is 0 Å². The van der Waals surface area contributed by atoms with Crippen molar-refractivity contribution in [2.75, 3.05) is 40.8 Å². The largest absolute Gasteiger partial charge is 0.465 e. The Kier molecular flexibility index (Phi) is 5.63. The fourth-order valence-corrected chi connectivity index (χ4v) is 3.85. The molecule has 1 saturated carbocycles. The zero-order valence-corrected chi connectivity index (χ0v) is 14.0. The molecule has 0 aromatic carbocycles. The molecule has 0 aromatic rings. The molecule has 5 heteroatoms. The van der Waals surface area contributed by atoms with Crippen LogP contribution in [0.2, 0.25) is 0 Å². The van der Waals surface area contributed by atoms with E-state index in [-0.39, 0.29) is 5.97 Å². The predicted octanol–water partition coefficient (Wildman–Crippen LogP) is 1.09. The third-order valence-electron chi connectivity index (χ3n) is 5.47. The smallest absolute Gasteiger partial charge is 0.326 e. The number of likely N-dealkylation sites (N-methyl/N-ethyl adjacent to an activating group) is 1. The Hall–Kier alpha value is -0.650. The van der Waals surface area contributed by atoms with E-state index in [9.17, 15) is 4.79 Å². The highest BCUT2D eigenvalue weighted by Crippen LogP contribution is 2.35. The maximum Gasteiger partial charge on any atom is 0.326 e. The fraction of sp³-hybridized carbons (Fsp3) is 0.938. The lowest BCUT2D eigenvalue weighted by Crippen LogP contribution is -2.51. The summed E-state index contributed by atoms with van der Waals surface area (Å²) in [5.74, 6) is -0.0771. The summed E-state index contributed by atoms with van der Waals surface area (Å²) in [5.41, 5.74) is -0.472. The van der Waals surface area contributed by atoms with Crippen molar-refractivity contribution in [1.82, 2.24) is 15.1 Å². The van der Waals surface area contributed by atoms with E-state index in [0.29, 0.717) is 18.7 Å². The molecule has 1 aliphatic carbocycles. The Balaban J connectivity index is 1.95. The maximum absolute atomic E-state index is 12.3. The first-order chi connectivity index (χ1) is 10.0. The molecule has 21 heavy (non-hydrogen) atoms. The van der Waals surface area contributed by atoms with Crippen molar-refractivity contribution in [3.63, 3.8) is 0 Å². The summed E-state index contributed by atoms with van der Waals surface area (Å²) in [5, 5.41) is 3.25. The highest BCUT2D eigenvalue weighted by atomic mass is 16.5. The molecule has 0 bridgehead atoms. The minimum absolute atomic E-state index is 0.0771. The molecule has 122 valence electrons. The van der Waals surface area contributed by atoms with Gasteiger partial charge in [-0.25, -0.2) is 0 Å². The molecule has 0 radical (unpaired) electrons. The van der Waals surface area contributed by atoms with Crippen molar-refractivity contribution in [3.05, 3.63) is 0 Å². The number of carbonyl (C=O) groups excluding carboxylic acids is 1. The summed E-state index contributed by atoms with van der Waals surface area (Å²) >= 11 is 0. The average Bonchev–Trinajstić information content (AvgIpc) is 2.93. The monoisotopic (exact) mass is 297 g/mol. The number of carbonyl (C=O) groups is 1. The second-order valence-electron chi connectivity index (χ2n) is 6.65. The number of hydrogen-bond donors (Lipinski definition) is 1. The number of esters is 1. The van der Waals surface area contributed by atoms with E-state index in [1.807, 2.05) is 14.0 Å². The summed E-state index contributed by atoms with van der Waals surface area (Å²) < 4.78 is 5.28. The first kappa shape index (κ1) is 16.7. The predicted molar refractivity (Wildman–Crippen MR) is 84.3 cm³/mol. The van der Waals surface area contributed by atoms with Gasteiger partial charge in [-0.3, -0.25) is 4.79 Å². The fourth-order valence-electron chi connectivity index (χ4n) is 3.85. The number of rotatable bonds is 5. The zero-order valence-electron chi connectivity index (χ0n) is 14.0. The van der Waals surface area contributed by atoms with Gasteiger partial charge in [0.1, 0.15) is 5.54 Å². The molecule has 2 unspecified atom stereocenters. The maximum atomic E-state index is 12.3. The van der Waals surface area contributed by atoms with Crippen molar-refractivity contribution in [1.29, 1.82) is 0 Å². The third-order valence-corrected chi connectivity index (χ3v) is 5.47. The molecule has 2 aliphatic rings.